The molecule has 0 amide bonds. The van der Waals surface area contributed by atoms with E-state index in [1.54, 1.807) is 0 Å². The SMILES string of the molecule is CON=C1CC2C(C(=O)C(F)C3(C)C(=O)C(F)CC23)C2(C)CCC(=NOC3CCNC3)CC12. The van der Waals surface area contributed by atoms with Gasteiger partial charge in [-0.25, -0.2) is 8.78 Å². The zero-order valence-electron chi connectivity index (χ0n) is 19.5. The van der Waals surface area contributed by atoms with Crippen molar-refractivity contribution >= 4 is 23.0 Å². The van der Waals surface area contributed by atoms with Crippen LogP contribution in [0.5, 0.6) is 0 Å². The maximum atomic E-state index is 15.6. The van der Waals surface area contributed by atoms with Gasteiger partial charge in [0.05, 0.1) is 16.8 Å². The molecule has 0 radical (unpaired) electrons. The molecule has 5 fully saturated rings. The molecule has 33 heavy (non-hydrogen) atoms. The number of hydrogen-bond acceptors (Lipinski definition) is 7. The third-order valence-electron chi connectivity index (χ3n) is 9.37. The van der Waals surface area contributed by atoms with Gasteiger partial charge in [0.25, 0.3) is 0 Å². The predicted molar refractivity (Wildman–Crippen MR) is 117 cm³/mol. The van der Waals surface area contributed by atoms with E-state index in [-0.39, 0.29) is 24.4 Å². The van der Waals surface area contributed by atoms with Gasteiger partial charge < -0.3 is 15.0 Å². The molecule has 182 valence electrons. The van der Waals surface area contributed by atoms with Gasteiger partial charge >= 0.3 is 0 Å². The van der Waals surface area contributed by atoms with Crippen LogP contribution < -0.4 is 5.32 Å². The van der Waals surface area contributed by atoms with Crippen LogP contribution in [0.2, 0.25) is 0 Å². The number of nitrogens with one attached hydrogen (secondary N) is 1. The Morgan fingerprint density at radius 1 is 1.15 bits per heavy atom. The van der Waals surface area contributed by atoms with Crippen molar-refractivity contribution in [2.75, 3.05) is 20.2 Å². The lowest BCUT2D eigenvalue weighted by Gasteiger charge is -2.58. The van der Waals surface area contributed by atoms with Crippen LogP contribution in [0.1, 0.15) is 52.4 Å². The fourth-order valence-electron chi connectivity index (χ4n) is 7.58. The van der Waals surface area contributed by atoms with Gasteiger partial charge in [0.1, 0.15) is 13.2 Å². The number of oxime groups is 2. The normalized spacial score (nSPS) is 49.7. The van der Waals surface area contributed by atoms with E-state index in [9.17, 15) is 14.0 Å². The van der Waals surface area contributed by atoms with Crippen molar-refractivity contribution in [2.45, 2.75) is 70.8 Å². The van der Waals surface area contributed by atoms with Crippen LogP contribution in [0.25, 0.3) is 0 Å². The van der Waals surface area contributed by atoms with E-state index in [2.05, 4.69) is 15.6 Å². The molecule has 0 aromatic heterocycles. The standard InChI is InChI=1S/C24H33F2N3O4/c1-23-6-4-12(28-33-13-5-7-27-11-13)8-16(23)18(29-32-3)9-14-15-10-17(25)22(31)24(15,2)21(26)20(30)19(14)23/h13-17,19,21,27H,4-11H2,1-3H3. The Kier molecular flexibility index (Phi) is 5.61. The molecule has 4 aliphatic carbocycles. The van der Waals surface area contributed by atoms with Gasteiger partial charge in [-0.2, -0.15) is 0 Å². The summed E-state index contributed by atoms with van der Waals surface area (Å²) in [6, 6.07) is 0. The quantitative estimate of drug-likeness (QED) is 0.648. The first kappa shape index (κ1) is 22.9. The first-order chi connectivity index (χ1) is 15.7. The lowest BCUT2D eigenvalue weighted by atomic mass is 9.44. The maximum Gasteiger partial charge on any atom is 0.176 e. The molecule has 9 atom stereocenters. The molecular formula is C24H33F2N3O4. The molecular weight excluding hydrogens is 432 g/mol. The lowest BCUT2D eigenvalue weighted by molar-refractivity contribution is -0.163. The monoisotopic (exact) mass is 465 g/mol. The Labute approximate surface area is 192 Å². The summed E-state index contributed by atoms with van der Waals surface area (Å²) in [6.07, 6.45) is -0.493. The van der Waals surface area contributed by atoms with E-state index in [0.29, 0.717) is 25.7 Å². The molecule has 0 spiro atoms. The largest absolute Gasteiger partial charge is 0.399 e. The van der Waals surface area contributed by atoms with Crippen LogP contribution >= 0.6 is 0 Å². The summed E-state index contributed by atoms with van der Waals surface area (Å²) in [5, 5.41) is 12.0. The highest BCUT2D eigenvalue weighted by molar-refractivity contribution is 6.03. The number of ketones is 2. The molecule has 1 N–H and O–H groups in total. The van der Waals surface area contributed by atoms with E-state index in [1.165, 1.54) is 14.0 Å². The minimum absolute atomic E-state index is 0.0266. The Balaban J connectivity index is 1.48. The molecule has 7 nitrogen and oxygen atoms in total. The highest BCUT2D eigenvalue weighted by Crippen LogP contribution is 2.64. The smallest absolute Gasteiger partial charge is 0.176 e. The zero-order chi connectivity index (χ0) is 23.5. The number of nitrogens with zero attached hydrogens (tertiary/aromatic N) is 2. The van der Waals surface area contributed by atoms with Crippen LogP contribution in [0, 0.1) is 34.5 Å². The van der Waals surface area contributed by atoms with Crippen molar-refractivity contribution in [3.8, 4) is 0 Å². The Bertz CT molecular complexity index is 904. The van der Waals surface area contributed by atoms with Crippen molar-refractivity contribution in [3.63, 3.8) is 0 Å². The second-order valence-electron chi connectivity index (χ2n) is 11.0. The second kappa shape index (κ2) is 8.10. The Morgan fingerprint density at radius 3 is 2.64 bits per heavy atom. The molecule has 0 aromatic carbocycles. The van der Waals surface area contributed by atoms with Gasteiger partial charge in [0.2, 0.25) is 0 Å². The predicted octanol–water partition coefficient (Wildman–Crippen LogP) is 3.02. The van der Waals surface area contributed by atoms with Gasteiger partial charge in [0.15, 0.2) is 23.9 Å². The average molecular weight is 466 g/mol. The van der Waals surface area contributed by atoms with Crippen LogP contribution in [0.15, 0.2) is 10.3 Å². The minimum Gasteiger partial charge on any atom is -0.399 e. The number of Topliss-reactive ketones (excluding diaryl/α,β-unsaturated/α-hetero) is 2. The van der Waals surface area contributed by atoms with Crippen molar-refractivity contribution in [1.82, 2.24) is 5.32 Å². The van der Waals surface area contributed by atoms with Crippen molar-refractivity contribution < 1.29 is 28.0 Å². The maximum absolute atomic E-state index is 15.6. The third-order valence-corrected chi connectivity index (χ3v) is 9.37. The number of fused-ring (bicyclic) bond motifs is 5. The summed E-state index contributed by atoms with van der Waals surface area (Å²) in [7, 11) is 1.48. The number of alkyl halides is 2. The molecule has 5 aliphatic rings. The molecule has 0 bridgehead atoms. The lowest BCUT2D eigenvalue weighted by Crippen LogP contribution is -2.64. The molecule has 5 rings (SSSR count). The molecule has 1 saturated heterocycles. The van der Waals surface area contributed by atoms with Crippen molar-refractivity contribution in [2.24, 2.45) is 44.8 Å². The van der Waals surface area contributed by atoms with Crippen LogP contribution in [0.3, 0.4) is 0 Å². The second-order valence-corrected chi connectivity index (χ2v) is 11.0. The first-order valence-corrected chi connectivity index (χ1v) is 12.1. The topological polar surface area (TPSA) is 89.4 Å². The average Bonchev–Trinajstić information content (AvgIpc) is 3.39. The van der Waals surface area contributed by atoms with Gasteiger partial charge in [-0.3, -0.25) is 9.59 Å². The highest BCUT2D eigenvalue weighted by atomic mass is 19.1. The van der Waals surface area contributed by atoms with Gasteiger partial charge in [-0.15, -0.1) is 0 Å². The summed E-state index contributed by atoms with van der Waals surface area (Å²) in [5.41, 5.74) is -0.451. The van der Waals surface area contributed by atoms with E-state index in [1.807, 2.05) is 6.92 Å². The van der Waals surface area contributed by atoms with Crippen molar-refractivity contribution in [1.29, 1.82) is 0 Å². The summed E-state index contributed by atoms with van der Waals surface area (Å²) in [4.78, 5) is 37.0. The summed E-state index contributed by atoms with van der Waals surface area (Å²) < 4.78 is 30.2. The molecule has 0 aromatic rings. The number of halogens is 2. The van der Waals surface area contributed by atoms with Crippen molar-refractivity contribution in [3.05, 3.63) is 0 Å². The zero-order valence-corrected chi connectivity index (χ0v) is 19.5. The molecule has 9 unspecified atom stereocenters. The number of hydrogen-bond donors (Lipinski definition) is 1. The van der Waals surface area contributed by atoms with Crippen LogP contribution in [-0.4, -0.2) is 61.6 Å². The third kappa shape index (κ3) is 3.28. The van der Waals surface area contributed by atoms with E-state index < -0.39 is 46.6 Å². The van der Waals surface area contributed by atoms with Gasteiger partial charge in [0, 0.05) is 24.8 Å². The van der Waals surface area contributed by atoms with E-state index >= 15 is 4.39 Å². The fourth-order valence-corrected chi connectivity index (χ4v) is 7.58. The van der Waals surface area contributed by atoms with Crippen LogP contribution in [-0.2, 0) is 19.3 Å². The molecule has 4 saturated carbocycles. The van der Waals surface area contributed by atoms with Gasteiger partial charge in [-0.1, -0.05) is 17.2 Å². The molecule has 9 heteroatoms. The Morgan fingerprint density at radius 2 is 1.94 bits per heavy atom. The number of carbonyl (C=O) groups is 2. The van der Waals surface area contributed by atoms with E-state index in [0.717, 1.165) is 30.9 Å². The summed E-state index contributed by atoms with van der Waals surface area (Å²) in [5.74, 6) is -2.87. The first-order valence-electron chi connectivity index (χ1n) is 12.1. The highest BCUT2D eigenvalue weighted by Gasteiger charge is 2.70. The summed E-state index contributed by atoms with van der Waals surface area (Å²) >= 11 is 0. The molecule has 1 heterocycles. The molecule has 1 aliphatic heterocycles. The Hall–Kier alpha value is -1.90. The number of carbonyl (C=O) groups excluding carboxylic acids is 2. The van der Waals surface area contributed by atoms with Crippen LogP contribution in [0.4, 0.5) is 8.78 Å². The minimum atomic E-state index is -1.97. The fraction of sp³-hybridized carbons (Fsp3) is 0.833. The van der Waals surface area contributed by atoms with Gasteiger partial charge in [-0.05, 0) is 62.8 Å². The summed E-state index contributed by atoms with van der Waals surface area (Å²) in [6.45, 7) is 5.16. The van der Waals surface area contributed by atoms with E-state index in [4.69, 9.17) is 9.68 Å². The number of rotatable bonds is 3.